The zero-order valence-corrected chi connectivity index (χ0v) is 8.68. The first-order valence-corrected chi connectivity index (χ1v) is 4.36. The van der Waals surface area contributed by atoms with Gasteiger partial charge in [0.25, 0.3) is 0 Å². The van der Waals surface area contributed by atoms with Crippen molar-refractivity contribution >= 4 is 5.69 Å². The average molecular weight is 173 g/mol. The predicted molar refractivity (Wildman–Crippen MR) is 58.1 cm³/mol. The van der Waals surface area contributed by atoms with Gasteiger partial charge in [-0.25, -0.2) is 0 Å². The molecule has 0 spiro atoms. The van der Waals surface area contributed by atoms with Crippen molar-refractivity contribution < 1.29 is 0 Å². The molecule has 0 aliphatic carbocycles. The SMILES string of the molecule is CC#Cc1ccc(C)cc1N(C)C. The maximum atomic E-state index is 3.09. The Morgan fingerprint density at radius 2 is 1.92 bits per heavy atom. The summed E-state index contributed by atoms with van der Waals surface area (Å²) in [6.45, 7) is 3.95. The molecule has 0 saturated carbocycles. The largest absolute Gasteiger partial charge is 0.377 e. The van der Waals surface area contributed by atoms with E-state index >= 15 is 0 Å². The maximum Gasteiger partial charge on any atom is 0.0522 e. The van der Waals surface area contributed by atoms with Gasteiger partial charge in [-0.2, -0.15) is 0 Å². The molecule has 1 aromatic rings. The Kier molecular flexibility index (Phi) is 2.97. The number of nitrogens with zero attached hydrogens (tertiary/aromatic N) is 1. The first kappa shape index (κ1) is 9.67. The average Bonchev–Trinajstić information content (AvgIpc) is 2.08. The predicted octanol–water partition coefficient (Wildman–Crippen LogP) is 2.43. The van der Waals surface area contributed by atoms with Gasteiger partial charge in [0.15, 0.2) is 0 Å². The monoisotopic (exact) mass is 173 g/mol. The van der Waals surface area contributed by atoms with E-state index < -0.39 is 0 Å². The molecule has 0 aliphatic rings. The topological polar surface area (TPSA) is 3.24 Å². The Balaban J connectivity index is 3.24. The highest BCUT2D eigenvalue weighted by Crippen LogP contribution is 2.18. The summed E-state index contributed by atoms with van der Waals surface area (Å²) in [4.78, 5) is 2.09. The number of aryl methyl sites for hydroxylation is 1. The fourth-order valence-corrected chi connectivity index (χ4v) is 1.25. The van der Waals surface area contributed by atoms with Crippen LogP contribution in [0.1, 0.15) is 18.1 Å². The highest BCUT2D eigenvalue weighted by molar-refractivity contribution is 5.61. The van der Waals surface area contributed by atoms with Crippen LogP contribution in [-0.4, -0.2) is 14.1 Å². The zero-order valence-electron chi connectivity index (χ0n) is 8.68. The number of rotatable bonds is 1. The first-order valence-electron chi connectivity index (χ1n) is 4.36. The molecule has 0 saturated heterocycles. The van der Waals surface area contributed by atoms with Crippen LogP contribution in [0.25, 0.3) is 0 Å². The summed E-state index contributed by atoms with van der Waals surface area (Å²) in [7, 11) is 4.07. The van der Waals surface area contributed by atoms with Gasteiger partial charge in [-0.1, -0.05) is 12.0 Å². The minimum Gasteiger partial charge on any atom is -0.377 e. The second-order valence-corrected chi connectivity index (χ2v) is 3.29. The molecular formula is C12H15N. The van der Waals surface area contributed by atoms with Crippen LogP contribution in [0.3, 0.4) is 0 Å². The third kappa shape index (κ3) is 2.26. The molecule has 0 fully saturated rings. The van der Waals surface area contributed by atoms with E-state index in [-0.39, 0.29) is 0 Å². The van der Waals surface area contributed by atoms with E-state index in [2.05, 4.69) is 41.9 Å². The molecule has 68 valence electrons. The molecule has 0 atom stereocenters. The summed E-state index contributed by atoms with van der Waals surface area (Å²) >= 11 is 0. The lowest BCUT2D eigenvalue weighted by atomic mass is 10.1. The molecule has 0 unspecified atom stereocenters. The summed E-state index contributed by atoms with van der Waals surface area (Å²) < 4.78 is 0. The van der Waals surface area contributed by atoms with Crippen LogP contribution >= 0.6 is 0 Å². The van der Waals surface area contributed by atoms with Crippen molar-refractivity contribution in [2.24, 2.45) is 0 Å². The van der Waals surface area contributed by atoms with E-state index in [0.717, 1.165) is 5.56 Å². The molecule has 0 aliphatic heterocycles. The Bertz CT molecular complexity index is 353. The fraction of sp³-hybridized carbons (Fsp3) is 0.333. The Morgan fingerprint density at radius 3 is 2.46 bits per heavy atom. The van der Waals surface area contributed by atoms with Crippen LogP contribution in [0.2, 0.25) is 0 Å². The van der Waals surface area contributed by atoms with Crippen molar-refractivity contribution in [1.82, 2.24) is 0 Å². The van der Waals surface area contributed by atoms with Crippen LogP contribution in [0.4, 0.5) is 5.69 Å². The van der Waals surface area contributed by atoms with Crippen molar-refractivity contribution in [2.45, 2.75) is 13.8 Å². The fourth-order valence-electron chi connectivity index (χ4n) is 1.25. The van der Waals surface area contributed by atoms with E-state index in [4.69, 9.17) is 0 Å². The van der Waals surface area contributed by atoms with E-state index in [9.17, 15) is 0 Å². The van der Waals surface area contributed by atoms with Gasteiger partial charge in [-0.3, -0.25) is 0 Å². The van der Waals surface area contributed by atoms with Gasteiger partial charge in [0.2, 0.25) is 0 Å². The molecule has 13 heavy (non-hydrogen) atoms. The summed E-state index contributed by atoms with van der Waals surface area (Å²) in [5.74, 6) is 6.02. The van der Waals surface area contributed by atoms with Crippen LogP contribution in [0.5, 0.6) is 0 Å². The maximum absolute atomic E-state index is 3.09. The molecule has 1 rings (SSSR count). The molecule has 1 heteroatoms. The van der Waals surface area contributed by atoms with Crippen molar-refractivity contribution in [3.63, 3.8) is 0 Å². The number of anilines is 1. The lowest BCUT2D eigenvalue weighted by Crippen LogP contribution is -2.10. The summed E-state index contributed by atoms with van der Waals surface area (Å²) in [5, 5.41) is 0. The third-order valence-electron chi connectivity index (χ3n) is 1.89. The van der Waals surface area contributed by atoms with Crippen molar-refractivity contribution in [3.8, 4) is 11.8 Å². The minimum atomic E-state index is 1.10. The molecular weight excluding hydrogens is 158 g/mol. The van der Waals surface area contributed by atoms with Gasteiger partial charge in [0.05, 0.1) is 5.69 Å². The smallest absolute Gasteiger partial charge is 0.0522 e. The molecule has 0 amide bonds. The molecule has 0 N–H and O–H groups in total. The third-order valence-corrected chi connectivity index (χ3v) is 1.89. The van der Waals surface area contributed by atoms with Crippen molar-refractivity contribution in [2.75, 3.05) is 19.0 Å². The van der Waals surface area contributed by atoms with E-state index in [0.29, 0.717) is 0 Å². The molecule has 0 heterocycles. The van der Waals surface area contributed by atoms with Gasteiger partial charge in [-0.15, -0.1) is 5.92 Å². The van der Waals surface area contributed by atoms with Gasteiger partial charge in [0.1, 0.15) is 0 Å². The number of benzene rings is 1. The molecule has 0 aromatic heterocycles. The van der Waals surface area contributed by atoms with Gasteiger partial charge in [0, 0.05) is 19.7 Å². The van der Waals surface area contributed by atoms with E-state index in [1.54, 1.807) is 0 Å². The number of hydrogen-bond acceptors (Lipinski definition) is 1. The lowest BCUT2D eigenvalue weighted by molar-refractivity contribution is 1.12. The molecule has 0 bridgehead atoms. The van der Waals surface area contributed by atoms with Crippen LogP contribution in [-0.2, 0) is 0 Å². The standard InChI is InChI=1S/C12H15N/c1-5-6-11-8-7-10(2)9-12(11)13(3)4/h7-9H,1-4H3. The quantitative estimate of drug-likeness (QED) is 0.589. The second kappa shape index (κ2) is 4.00. The summed E-state index contributed by atoms with van der Waals surface area (Å²) in [6.07, 6.45) is 0. The molecule has 1 nitrogen and oxygen atoms in total. The Labute approximate surface area is 80.4 Å². The summed E-state index contributed by atoms with van der Waals surface area (Å²) in [5.41, 5.74) is 3.55. The molecule has 1 aromatic carbocycles. The van der Waals surface area contributed by atoms with Gasteiger partial charge in [-0.05, 0) is 31.5 Å². The minimum absolute atomic E-state index is 1.10. The normalized spacial score (nSPS) is 8.92. The Morgan fingerprint density at radius 1 is 1.23 bits per heavy atom. The van der Waals surface area contributed by atoms with Gasteiger partial charge >= 0.3 is 0 Å². The van der Waals surface area contributed by atoms with Crippen molar-refractivity contribution in [3.05, 3.63) is 29.3 Å². The van der Waals surface area contributed by atoms with E-state index in [1.807, 2.05) is 21.0 Å². The highest BCUT2D eigenvalue weighted by atomic mass is 15.1. The summed E-state index contributed by atoms with van der Waals surface area (Å²) in [6, 6.07) is 6.31. The first-order chi connectivity index (χ1) is 6.15. The number of hydrogen-bond donors (Lipinski definition) is 0. The highest BCUT2D eigenvalue weighted by Gasteiger charge is 2.01. The lowest BCUT2D eigenvalue weighted by Gasteiger charge is -2.15. The van der Waals surface area contributed by atoms with Gasteiger partial charge < -0.3 is 4.90 Å². The van der Waals surface area contributed by atoms with Crippen LogP contribution in [0, 0.1) is 18.8 Å². The van der Waals surface area contributed by atoms with Crippen molar-refractivity contribution in [1.29, 1.82) is 0 Å². The van der Waals surface area contributed by atoms with Crippen LogP contribution in [0.15, 0.2) is 18.2 Å². The second-order valence-electron chi connectivity index (χ2n) is 3.29. The Hall–Kier alpha value is -1.42. The van der Waals surface area contributed by atoms with Crippen LogP contribution < -0.4 is 4.90 Å². The zero-order chi connectivity index (χ0) is 9.84. The van der Waals surface area contributed by atoms with E-state index in [1.165, 1.54) is 11.3 Å². The molecule has 0 radical (unpaired) electrons.